The van der Waals surface area contributed by atoms with E-state index in [-0.39, 0.29) is 6.10 Å². The van der Waals surface area contributed by atoms with E-state index in [9.17, 15) is 0 Å². The Morgan fingerprint density at radius 2 is 1.65 bits per heavy atom. The zero-order valence-corrected chi connectivity index (χ0v) is 17.2. The van der Waals surface area contributed by atoms with Crippen molar-refractivity contribution < 1.29 is 14.0 Å². The van der Waals surface area contributed by atoms with Crippen molar-refractivity contribution in [2.24, 2.45) is 0 Å². The van der Waals surface area contributed by atoms with E-state index >= 15 is 0 Å². The van der Waals surface area contributed by atoms with Crippen molar-refractivity contribution in [3.05, 3.63) is 12.3 Å². The third kappa shape index (κ3) is 3.85. The van der Waals surface area contributed by atoms with E-state index in [1.54, 1.807) is 0 Å². The summed E-state index contributed by atoms with van der Waals surface area (Å²) in [6.45, 7) is 16.3. The predicted octanol–water partition coefficient (Wildman–Crippen LogP) is 1.92. The number of likely N-dealkylation sites (N-methyl/N-ethyl adjacent to an activating group) is 1. The lowest BCUT2D eigenvalue weighted by atomic mass is 9.79. The van der Waals surface area contributed by atoms with Gasteiger partial charge in [0.25, 0.3) is 0 Å². The standard InChI is InChI=1S/C19H32BN3O3/c1-14(2)24-17-16(20-25-18(3,4)19(5,6)26-20)12-15(13-21-17)23-10-8-22(7)9-11-23/h12-14H,8-11H2,1-7H3. The second kappa shape index (κ2) is 7.02. The molecule has 0 aromatic carbocycles. The van der Waals surface area contributed by atoms with E-state index in [2.05, 4.69) is 55.6 Å². The quantitative estimate of drug-likeness (QED) is 0.764. The lowest BCUT2D eigenvalue weighted by Crippen LogP contribution is -2.45. The Morgan fingerprint density at radius 1 is 1.08 bits per heavy atom. The molecule has 0 bridgehead atoms. The fourth-order valence-corrected chi connectivity index (χ4v) is 3.16. The highest BCUT2D eigenvalue weighted by Crippen LogP contribution is 2.37. The number of ether oxygens (including phenoxy) is 1. The Labute approximate surface area is 158 Å². The van der Waals surface area contributed by atoms with Crippen LogP contribution in [0.2, 0.25) is 0 Å². The summed E-state index contributed by atoms with van der Waals surface area (Å²) in [6.07, 6.45) is 1.94. The van der Waals surface area contributed by atoms with Crippen LogP contribution in [0, 0.1) is 0 Å². The molecule has 7 heteroatoms. The molecule has 0 amide bonds. The third-order valence-corrected chi connectivity index (χ3v) is 5.59. The van der Waals surface area contributed by atoms with Crippen LogP contribution in [0.4, 0.5) is 5.69 Å². The maximum Gasteiger partial charge on any atom is 0.500 e. The highest BCUT2D eigenvalue weighted by Gasteiger charge is 2.52. The van der Waals surface area contributed by atoms with Crippen LogP contribution in [0.3, 0.4) is 0 Å². The predicted molar refractivity (Wildman–Crippen MR) is 105 cm³/mol. The molecule has 2 aliphatic heterocycles. The van der Waals surface area contributed by atoms with Gasteiger partial charge in [-0.2, -0.15) is 0 Å². The number of pyridine rings is 1. The minimum absolute atomic E-state index is 0.0400. The number of hydrogen-bond donors (Lipinski definition) is 0. The summed E-state index contributed by atoms with van der Waals surface area (Å²) in [7, 11) is 1.68. The zero-order chi connectivity index (χ0) is 19.1. The van der Waals surface area contributed by atoms with Crippen LogP contribution >= 0.6 is 0 Å². The summed E-state index contributed by atoms with van der Waals surface area (Å²) < 4.78 is 18.5. The average molecular weight is 361 g/mol. The van der Waals surface area contributed by atoms with Crippen LogP contribution in [-0.2, 0) is 9.31 Å². The molecular weight excluding hydrogens is 329 g/mol. The minimum Gasteiger partial charge on any atom is -0.475 e. The number of hydrogen-bond acceptors (Lipinski definition) is 6. The normalized spacial score (nSPS) is 22.9. The minimum atomic E-state index is -0.478. The summed E-state index contributed by atoms with van der Waals surface area (Å²) in [4.78, 5) is 9.32. The van der Waals surface area contributed by atoms with Crippen molar-refractivity contribution >= 4 is 18.3 Å². The fraction of sp³-hybridized carbons (Fsp3) is 0.737. The van der Waals surface area contributed by atoms with Gasteiger partial charge in [0.15, 0.2) is 0 Å². The van der Waals surface area contributed by atoms with Gasteiger partial charge in [0, 0.05) is 31.6 Å². The molecule has 0 unspecified atom stereocenters. The van der Waals surface area contributed by atoms with Gasteiger partial charge in [0.05, 0.1) is 29.2 Å². The van der Waals surface area contributed by atoms with Gasteiger partial charge in [-0.05, 0) is 54.7 Å². The van der Waals surface area contributed by atoms with E-state index in [0.717, 1.165) is 37.3 Å². The molecule has 0 aliphatic carbocycles. The van der Waals surface area contributed by atoms with Gasteiger partial charge in [0.1, 0.15) is 0 Å². The van der Waals surface area contributed by atoms with Gasteiger partial charge in [-0.25, -0.2) is 4.98 Å². The van der Waals surface area contributed by atoms with Gasteiger partial charge in [0.2, 0.25) is 5.88 Å². The maximum absolute atomic E-state index is 6.26. The summed E-state index contributed by atoms with van der Waals surface area (Å²) in [5, 5.41) is 0. The first kappa shape index (κ1) is 19.5. The van der Waals surface area contributed by atoms with Crippen LogP contribution in [0.5, 0.6) is 5.88 Å². The lowest BCUT2D eigenvalue weighted by molar-refractivity contribution is 0.00578. The molecule has 0 saturated carbocycles. The van der Waals surface area contributed by atoms with Crippen molar-refractivity contribution in [1.29, 1.82) is 0 Å². The first-order valence-corrected chi connectivity index (χ1v) is 9.55. The average Bonchev–Trinajstić information content (AvgIpc) is 2.76. The van der Waals surface area contributed by atoms with Crippen molar-refractivity contribution in [3.63, 3.8) is 0 Å². The molecule has 6 nitrogen and oxygen atoms in total. The number of aromatic nitrogens is 1. The molecule has 0 atom stereocenters. The molecule has 2 aliphatic rings. The van der Waals surface area contributed by atoms with Crippen LogP contribution in [0.15, 0.2) is 12.3 Å². The molecule has 3 rings (SSSR count). The number of nitrogens with zero attached hydrogens (tertiary/aromatic N) is 3. The van der Waals surface area contributed by atoms with E-state index in [1.165, 1.54) is 0 Å². The topological polar surface area (TPSA) is 47.1 Å². The van der Waals surface area contributed by atoms with Gasteiger partial charge >= 0.3 is 7.12 Å². The Kier molecular flexibility index (Phi) is 5.25. The van der Waals surface area contributed by atoms with E-state index in [4.69, 9.17) is 14.0 Å². The van der Waals surface area contributed by atoms with Crippen LogP contribution in [-0.4, -0.2) is 67.5 Å². The van der Waals surface area contributed by atoms with E-state index < -0.39 is 18.3 Å². The lowest BCUT2D eigenvalue weighted by Gasteiger charge is -2.34. The van der Waals surface area contributed by atoms with Crippen LogP contribution in [0.1, 0.15) is 41.5 Å². The van der Waals surface area contributed by atoms with E-state index in [1.807, 2.05) is 20.0 Å². The largest absolute Gasteiger partial charge is 0.500 e. The van der Waals surface area contributed by atoms with Crippen molar-refractivity contribution in [2.75, 3.05) is 38.1 Å². The Morgan fingerprint density at radius 3 is 2.19 bits per heavy atom. The first-order chi connectivity index (χ1) is 12.1. The van der Waals surface area contributed by atoms with Crippen molar-refractivity contribution in [3.8, 4) is 5.88 Å². The molecule has 1 aromatic rings. The van der Waals surface area contributed by atoms with Gasteiger partial charge < -0.3 is 23.8 Å². The molecule has 1 aromatic heterocycles. The molecule has 2 fully saturated rings. The maximum atomic E-state index is 6.26. The first-order valence-electron chi connectivity index (χ1n) is 9.55. The second-order valence-electron chi connectivity index (χ2n) is 8.63. The molecule has 0 N–H and O–H groups in total. The summed E-state index contributed by atoms with van der Waals surface area (Å²) in [6, 6.07) is 2.12. The van der Waals surface area contributed by atoms with E-state index in [0.29, 0.717) is 5.88 Å². The van der Waals surface area contributed by atoms with Gasteiger partial charge in [-0.1, -0.05) is 0 Å². The molecular formula is C19H32BN3O3. The molecule has 26 heavy (non-hydrogen) atoms. The van der Waals surface area contributed by atoms with Crippen molar-refractivity contribution in [2.45, 2.75) is 58.8 Å². The van der Waals surface area contributed by atoms with Crippen LogP contribution in [0.25, 0.3) is 0 Å². The van der Waals surface area contributed by atoms with Gasteiger partial charge in [-0.15, -0.1) is 0 Å². The highest BCUT2D eigenvalue weighted by molar-refractivity contribution is 6.63. The zero-order valence-electron chi connectivity index (χ0n) is 17.2. The Hall–Kier alpha value is -1.31. The summed E-state index contributed by atoms with van der Waals surface area (Å²) in [5.74, 6) is 0.594. The smallest absolute Gasteiger partial charge is 0.475 e. The molecule has 3 heterocycles. The Balaban J connectivity index is 1.92. The summed E-state index contributed by atoms with van der Waals surface area (Å²) in [5.41, 5.74) is 1.18. The Bertz CT molecular complexity index is 627. The van der Waals surface area contributed by atoms with Crippen LogP contribution < -0.4 is 15.1 Å². The summed E-state index contributed by atoms with van der Waals surface area (Å²) >= 11 is 0. The number of piperazine rings is 1. The monoisotopic (exact) mass is 361 g/mol. The van der Waals surface area contributed by atoms with Gasteiger partial charge in [-0.3, -0.25) is 0 Å². The molecule has 0 spiro atoms. The van der Waals surface area contributed by atoms with Crippen molar-refractivity contribution in [1.82, 2.24) is 9.88 Å². The number of anilines is 1. The second-order valence-corrected chi connectivity index (χ2v) is 8.63. The number of rotatable bonds is 4. The highest BCUT2D eigenvalue weighted by atomic mass is 16.7. The molecule has 2 saturated heterocycles. The molecule has 0 radical (unpaired) electrons. The third-order valence-electron chi connectivity index (χ3n) is 5.59. The SMILES string of the molecule is CC(C)Oc1ncc(N2CCN(C)CC2)cc1B1OC(C)(C)C(C)(C)O1. The molecule has 144 valence electrons. The fourth-order valence-electron chi connectivity index (χ4n) is 3.16.